The molecule has 0 fully saturated rings. The molecule has 2 aromatic rings. The summed E-state index contributed by atoms with van der Waals surface area (Å²) in [6.07, 6.45) is 1.97. The Balaban J connectivity index is 2.08. The molecule has 1 unspecified atom stereocenters. The van der Waals surface area contributed by atoms with Gasteiger partial charge in [0.15, 0.2) is 5.01 Å². The summed E-state index contributed by atoms with van der Waals surface area (Å²) < 4.78 is 4.72. The van der Waals surface area contributed by atoms with Gasteiger partial charge in [-0.1, -0.05) is 30.3 Å². The summed E-state index contributed by atoms with van der Waals surface area (Å²) in [7, 11) is 0. The van der Waals surface area contributed by atoms with Crippen molar-refractivity contribution in [2.45, 2.75) is 26.3 Å². The molecule has 2 aromatic heterocycles. The Morgan fingerprint density at radius 3 is 2.89 bits per heavy atom. The zero-order valence-electron chi connectivity index (χ0n) is 10.5. The summed E-state index contributed by atoms with van der Waals surface area (Å²) in [5.41, 5.74) is 0.585. The summed E-state index contributed by atoms with van der Waals surface area (Å²) in [6, 6.07) is 1.01. The molecule has 8 heteroatoms. The number of carboxylic acids is 1. The third kappa shape index (κ3) is 3.50. The maximum Gasteiger partial charge on any atom is 0.326 e. The normalized spacial score (nSPS) is 12.6. The van der Waals surface area contributed by atoms with Crippen LogP contribution in [0, 0.1) is 5.92 Å². The molecular weight excluding hydrogens is 268 g/mol. The fourth-order valence-electron chi connectivity index (χ4n) is 1.55. The summed E-state index contributed by atoms with van der Waals surface area (Å²) in [5, 5.41) is 24.7. The summed E-state index contributed by atoms with van der Waals surface area (Å²) >= 11 is 1.24. The van der Waals surface area contributed by atoms with Gasteiger partial charge in [-0.3, -0.25) is 0 Å². The summed E-state index contributed by atoms with van der Waals surface area (Å²) in [4.78, 5) is 11.1. The molecular formula is C11H14N4O3S. The molecule has 0 aliphatic heterocycles. The van der Waals surface area contributed by atoms with Gasteiger partial charge in [-0.15, -0.1) is 10.2 Å². The second-order valence-corrected chi connectivity index (χ2v) is 5.44. The lowest BCUT2D eigenvalue weighted by atomic mass is 10.0. The van der Waals surface area contributed by atoms with E-state index in [0.29, 0.717) is 22.3 Å². The molecule has 0 aliphatic rings. The van der Waals surface area contributed by atoms with Gasteiger partial charge in [0.2, 0.25) is 5.13 Å². The van der Waals surface area contributed by atoms with Crippen LogP contribution in [0.2, 0.25) is 0 Å². The van der Waals surface area contributed by atoms with E-state index in [2.05, 4.69) is 20.7 Å². The van der Waals surface area contributed by atoms with Crippen LogP contribution in [-0.4, -0.2) is 32.5 Å². The topological polar surface area (TPSA) is 101 Å². The Morgan fingerprint density at radius 1 is 1.53 bits per heavy atom. The Hall–Kier alpha value is -1.96. The molecule has 0 spiro atoms. The molecule has 0 radical (unpaired) electrons. The van der Waals surface area contributed by atoms with Crippen molar-refractivity contribution >= 4 is 22.4 Å². The molecule has 0 aliphatic carbocycles. The number of aliphatic carboxylic acids is 1. The average molecular weight is 282 g/mol. The molecule has 7 nitrogen and oxygen atoms in total. The molecule has 1 atom stereocenters. The number of hydrogen-bond acceptors (Lipinski definition) is 7. The van der Waals surface area contributed by atoms with Crippen molar-refractivity contribution in [2.24, 2.45) is 5.92 Å². The molecule has 102 valence electrons. The van der Waals surface area contributed by atoms with Gasteiger partial charge in [-0.05, 0) is 12.3 Å². The van der Waals surface area contributed by atoms with Gasteiger partial charge in [0.05, 0.1) is 0 Å². The predicted octanol–water partition coefficient (Wildman–Crippen LogP) is 2.10. The lowest BCUT2D eigenvalue weighted by molar-refractivity contribution is -0.138. The number of carbonyl (C=O) groups is 1. The highest BCUT2D eigenvalue weighted by Crippen LogP contribution is 2.25. The largest absolute Gasteiger partial charge is 0.480 e. The van der Waals surface area contributed by atoms with Crippen LogP contribution < -0.4 is 5.32 Å². The van der Waals surface area contributed by atoms with Crippen molar-refractivity contribution < 1.29 is 14.4 Å². The number of hydrogen-bond donors (Lipinski definition) is 2. The Bertz CT molecular complexity index is 538. The van der Waals surface area contributed by atoms with Crippen molar-refractivity contribution in [1.82, 2.24) is 15.4 Å². The third-order valence-corrected chi connectivity index (χ3v) is 3.26. The average Bonchev–Trinajstić information content (AvgIpc) is 2.97. The van der Waals surface area contributed by atoms with E-state index in [1.54, 1.807) is 6.07 Å². The number of aromatic nitrogens is 3. The van der Waals surface area contributed by atoms with E-state index in [-0.39, 0.29) is 5.92 Å². The van der Waals surface area contributed by atoms with Gasteiger partial charge in [0.1, 0.15) is 18.0 Å². The quantitative estimate of drug-likeness (QED) is 0.836. The van der Waals surface area contributed by atoms with Crippen LogP contribution in [0.3, 0.4) is 0 Å². The minimum Gasteiger partial charge on any atom is -0.480 e. The molecule has 2 N–H and O–H groups in total. The number of rotatable bonds is 6. The fourth-order valence-corrected chi connectivity index (χ4v) is 2.31. The second-order valence-electron chi connectivity index (χ2n) is 4.46. The lowest BCUT2D eigenvalue weighted by Crippen LogP contribution is -2.30. The van der Waals surface area contributed by atoms with Crippen molar-refractivity contribution in [2.75, 3.05) is 5.32 Å². The zero-order chi connectivity index (χ0) is 13.8. The van der Waals surface area contributed by atoms with Crippen LogP contribution in [0.5, 0.6) is 0 Å². The van der Waals surface area contributed by atoms with E-state index in [1.807, 2.05) is 13.8 Å². The highest BCUT2D eigenvalue weighted by atomic mass is 32.1. The van der Waals surface area contributed by atoms with Crippen LogP contribution in [0.25, 0.3) is 10.7 Å². The first-order valence-electron chi connectivity index (χ1n) is 5.80. The SMILES string of the molecule is CC(C)CC(Nc1nnc(-c2ccon2)s1)C(=O)O. The van der Waals surface area contributed by atoms with E-state index in [4.69, 9.17) is 9.63 Å². The minimum atomic E-state index is -0.896. The van der Waals surface area contributed by atoms with Crippen LogP contribution in [0.15, 0.2) is 16.9 Å². The van der Waals surface area contributed by atoms with E-state index < -0.39 is 12.0 Å². The van der Waals surface area contributed by atoms with Gasteiger partial charge in [0, 0.05) is 6.07 Å². The van der Waals surface area contributed by atoms with Crippen LogP contribution in [0.4, 0.5) is 5.13 Å². The highest BCUT2D eigenvalue weighted by molar-refractivity contribution is 7.18. The first kappa shape index (κ1) is 13.5. The van der Waals surface area contributed by atoms with E-state index in [1.165, 1.54) is 17.6 Å². The van der Waals surface area contributed by atoms with E-state index in [9.17, 15) is 4.79 Å². The smallest absolute Gasteiger partial charge is 0.326 e. The van der Waals surface area contributed by atoms with Gasteiger partial charge in [0.25, 0.3) is 0 Å². The summed E-state index contributed by atoms with van der Waals surface area (Å²) in [5.74, 6) is -0.622. The minimum absolute atomic E-state index is 0.275. The Kier molecular flexibility index (Phi) is 4.10. The van der Waals surface area contributed by atoms with Crippen LogP contribution in [0.1, 0.15) is 20.3 Å². The Morgan fingerprint density at radius 2 is 2.32 bits per heavy atom. The van der Waals surface area contributed by atoms with Gasteiger partial charge < -0.3 is 14.9 Å². The van der Waals surface area contributed by atoms with Crippen LogP contribution in [-0.2, 0) is 4.79 Å². The van der Waals surface area contributed by atoms with Gasteiger partial charge in [-0.25, -0.2) is 4.79 Å². The predicted molar refractivity (Wildman–Crippen MR) is 69.9 cm³/mol. The molecule has 0 saturated carbocycles. The maximum atomic E-state index is 11.1. The molecule has 0 saturated heterocycles. The lowest BCUT2D eigenvalue weighted by Gasteiger charge is -2.14. The van der Waals surface area contributed by atoms with Crippen LogP contribution >= 0.6 is 11.3 Å². The molecule has 2 heterocycles. The zero-order valence-corrected chi connectivity index (χ0v) is 11.3. The number of carboxylic acid groups (broad SMARTS) is 1. The second kappa shape index (κ2) is 5.79. The monoisotopic (exact) mass is 282 g/mol. The number of anilines is 1. The molecule has 0 amide bonds. The van der Waals surface area contributed by atoms with Crippen molar-refractivity contribution in [3.8, 4) is 10.7 Å². The fraction of sp³-hybridized carbons (Fsp3) is 0.455. The van der Waals surface area contributed by atoms with E-state index >= 15 is 0 Å². The Labute approximate surface area is 113 Å². The number of nitrogens with zero attached hydrogens (tertiary/aromatic N) is 3. The standard InChI is InChI=1S/C11H14N4O3S/c1-6(2)5-8(10(16)17)12-11-14-13-9(19-11)7-3-4-18-15-7/h3-4,6,8H,5H2,1-2H3,(H,12,14)(H,16,17). The van der Waals surface area contributed by atoms with Gasteiger partial charge in [-0.2, -0.15) is 0 Å². The molecule has 0 aromatic carbocycles. The first-order valence-corrected chi connectivity index (χ1v) is 6.61. The third-order valence-electron chi connectivity index (χ3n) is 2.38. The number of nitrogens with one attached hydrogen (secondary N) is 1. The highest BCUT2D eigenvalue weighted by Gasteiger charge is 2.20. The van der Waals surface area contributed by atoms with Crippen molar-refractivity contribution in [3.63, 3.8) is 0 Å². The van der Waals surface area contributed by atoms with Crippen molar-refractivity contribution in [3.05, 3.63) is 12.3 Å². The maximum absolute atomic E-state index is 11.1. The molecule has 2 rings (SSSR count). The first-order chi connectivity index (χ1) is 9.06. The van der Waals surface area contributed by atoms with Crippen molar-refractivity contribution in [1.29, 1.82) is 0 Å². The van der Waals surface area contributed by atoms with Gasteiger partial charge >= 0.3 is 5.97 Å². The molecule has 0 bridgehead atoms. The van der Waals surface area contributed by atoms with E-state index in [0.717, 1.165) is 0 Å². The summed E-state index contributed by atoms with van der Waals surface area (Å²) in [6.45, 7) is 3.94. The molecule has 19 heavy (non-hydrogen) atoms.